The molecule has 0 atom stereocenters. The predicted octanol–water partition coefficient (Wildman–Crippen LogP) is 1.61. The van der Waals surface area contributed by atoms with E-state index in [4.69, 9.17) is 19.9 Å². The molecule has 2 aromatic rings. The van der Waals surface area contributed by atoms with Crippen molar-refractivity contribution in [3.8, 4) is 0 Å². The highest BCUT2D eigenvalue weighted by atomic mass is 32.2. The summed E-state index contributed by atoms with van der Waals surface area (Å²) in [6.45, 7) is 2.67. The lowest BCUT2D eigenvalue weighted by atomic mass is 10.1. The van der Waals surface area contributed by atoms with Crippen LogP contribution in [-0.4, -0.2) is 64.9 Å². The van der Waals surface area contributed by atoms with Crippen LogP contribution in [0.1, 0.15) is 37.6 Å². The van der Waals surface area contributed by atoms with Crippen LogP contribution in [0.15, 0.2) is 29.2 Å². The number of nitrogens with one attached hydrogen (secondary N) is 1. The van der Waals surface area contributed by atoms with E-state index in [2.05, 4.69) is 5.32 Å². The van der Waals surface area contributed by atoms with Gasteiger partial charge in [0.25, 0.3) is 11.8 Å². The van der Waals surface area contributed by atoms with Crippen LogP contribution in [0.5, 0.6) is 0 Å². The van der Waals surface area contributed by atoms with Gasteiger partial charge >= 0.3 is 11.9 Å². The number of carbonyl (C=O) groups is 4. The Morgan fingerprint density at radius 1 is 1.03 bits per heavy atom. The van der Waals surface area contributed by atoms with Crippen molar-refractivity contribution in [1.29, 1.82) is 0 Å². The molecule has 0 radical (unpaired) electrons. The predicted molar refractivity (Wildman–Crippen MR) is 127 cm³/mol. The Balaban J connectivity index is 1.98. The standard InChI is InChI=1S/C22H26N2O9S2/c1-13-4-6-15(7-5-13)35(29,30)11-8-17(26)33-12-16(25)24-21-18(22(28)32-10-9-31-3)14(2)19(34-21)20(23)27/h4-7H,8-12H2,1-3H3,(H2,23,27)(H,24,25). The molecule has 0 bridgehead atoms. The molecule has 0 saturated heterocycles. The van der Waals surface area contributed by atoms with Crippen molar-refractivity contribution >= 4 is 49.9 Å². The number of aryl methyl sites for hydroxylation is 1. The number of amides is 2. The molecule has 3 N–H and O–H groups in total. The summed E-state index contributed by atoms with van der Waals surface area (Å²) < 4.78 is 39.4. The molecule has 0 unspecified atom stereocenters. The summed E-state index contributed by atoms with van der Waals surface area (Å²) in [6, 6.07) is 6.19. The molecular weight excluding hydrogens is 500 g/mol. The fourth-order valence-electron chi connectivity index (χ4n) is 2.83. The summed E-state index contributed by atoms with van der Waals surface area (Å²) >= 11 is 0.778. The summed E-state index contributed by atoms with van der Waals surface area (Å²) in [7, 11) is -2.27. The van der Waals surface area contributed by atoms with E-state index >= 15 is 0 Å². The first-order valence-electron chi connectivity index (χ1n) is 10.3. The van der Waals surface area contributed by atoms with E-state index in [0.717, 1.165) is 16.9 Å². The maximum absolute atomic E-state index is 12.4. The molecular formula is C22H26N2O9S2. The fraction of sp³-hybridized carbons (Fsp3) is 0.364. The fourth-order valence-corrected chi connectivity index (χ4v) is 5.12. The average Bonchev–Trinajstić information content (AvgIpc) is 3.12. The van der Waals surface area contributed by atoms with Gasteiger partial charge in [0.1, 0.15) is 11.6 Å². The van der Waals surface area contributed by atoms with E-state index in [1.807, 2.05) is 6.92 Å². The van der Waals surface area contributed by atoms with Crippen LogP contribution in [0.4, 0.5) is 5.00 Å². The molecule has 0 aliphatic rings. The number of ether oxygens (including phenoxy) is 3. The van der Waals surface area contributed by atoms with Crippen molar-refractivity contribution in [2.45, 2.75) is 25.2 Å². The number of hydrogen-bond acceptors (Lipinski definition) is 10. The number of benzene rings is 1. The normalized spacial score (nSPS) is 11.1. The van der Waals surface area contributed by atoms with Gasteiger partial charge in [-0.3, -0.25) is 14.4 Å². The van der Waals surface area contributed by atoms with Gasteiger partial charge in [0, 0.05) is 7.11 Å². The minimum absolute atomic E-state index is 0.00159. The SMILES string of the molecule is COCCOC(=O)c1c(NC(=O)COC(=O)CCS(=O)(=O)c2ccc(C)cc2)sc(C(N)=O)c1C. The lowest BCUT2D eigenvalue weighted by Gasteiger charge is -2.09. The van der Waals surface area contributed by atoms with E-state index in [1.165, 1.54) is 26.2 Å². The maximum atomic E-state index is 12.4. The van der Waals surface area contributed by atoms with E-state index in [-0.39, 0.29) is 39.1 Å². The topological polar surface area (TPSA) is 168 Å². The lowest BCUT2D eigenvalue weighted by molar-refractivity contribution is -0.146. The quantitative estimate of drug-likeness (QED) is 0.308. The van der Waals surface area contributed by atoms with Crippen molar-refractivity contribution in [3.05, 3.63) is 45.8 Å². The summed E-state index contributed by atoms with van der Waals surface area (Å²) in [5.41, 5.74) is 6.41. The number of primary amides is 1. The van der Waals surface area contributed by atoms with Gasteiger partial charge < -0.3 is 25.3 Å². The third-order valence-corrected chi connectivity index (χ3v) is 7.62. The Bertz CT molecular complexity index is 1200. The molecule has 0 fully saturated rings. The van der Waals surface area contributed by atoms with Crippen molar-refractivity contribution in [3.63, 3.8) is 0 Å². The van der Waals surface area contributed by atoms with Crippen molar-refractivity contribution in [1.82, 2.24) is 0 Å². The molecule has 1 aromatic heterocycles. The average molecular weight is 527 g/mol. The smallest absolute Gasteiger partial charge is 0.341 e. The molecule has 190 valence electrons. The van der Waals surface area contributed by atoms with Gasteiger partial charge in [-0.15, -0.1) is 11.3 Å². The first-order valence-corrected chi connectivity index (χ1v) is 12.8. The summed E-state index contributed by atoms with van der Waals surface area (Å²) in [5, 5.41) is 2.40. The summed E-state index contributed by atoms with van der Waals surface area (Å²) in [6.07, 6.45) is -0.454. The Kier molecular flexibility index (Phi) is 9.92. The number of carbonyl (C=O) groups excluding carboxylic acids is 4. The van der Waals surface area contributed by atoms with E-state index < -0.39 is 52.4 Å². The third kappa shape index (κ3) is 7.87. The first-order chi connectivity index (χ1) is 16.5. The number of thiophene rings is 1. The Hall–Kier alpha value is -3.29. The summed E-state index contributed by atoms with van der Waals surface area (Å²) in [5.74, 6) is -3.77. The molecule has 0 aliphatic carbocycles. The van der Waals surface area contributed by atoms with Gasteiger partial charge in [0.15, 0.2) is 16.4 Å². The number of anilines is 1. The summed E-state index contributed by atoms with van der Waals surface area (Å²) in [4.78, 5) is 48.5. The largest absolute Gasteiger partial charge is 0.460 e. The van der Waals surface area contributed by atoms with Gasteiger partial charge in [-0.2, -0.15) is 0 Å². The molecule has 2 rings (SSSR count). The zero-order chi connectivity index (χ0) is 26.2. The van der Waals surface area contributed by atoms with Crippen LogP contribution < -0.4 is 11.1 Å². The number of nitrogens with two attached hydrogens (primary N) is 1. The maximum Gasteiger partial charge on any atom is 0.341 e. The van der Waals surface area contributed by atoms with Gasteiger partial charge in [-0.25, -0.2) is 13.2 Å². The molecule has 0 spiro atoms. The molecule has 2 amide bonds. The lowest BCUT2D eigenvalue weighted by Crippen LogP contribution is -2.23. The van der Waals surface area contributed by atoms with Crippen LogP contribution in [0, 0.1) is 13.8 Å². The third-order valence-electron chi connectivity index (χ3n) is 4.67. The van der Waals surface area contributed by atoms with Crippen LogP contribution in [-0.2, 0) is 33.6 Å². The molecule has 1 heterocycles. The first kappa shape index (κ1) is 28.0. The van der Waals surface area contributed by atoms with Crippen LogP contribution in [0.3, 0.4) is 0 Å². The Labute approximate surface area is 206 Å². The highest BCUT2D eigenvalue weighted by Crippen LogP contribution is 2.33. The molecule has 1 aromatic carbocycles. The number of rotatable bonds is 12. The monoisotopic (exact) mass is 526 g/mol. The second-order valence-corrected chi connectivity index (χ2v) is 10.5. The number of methoxy groups -OCH3 is 1. The van der Waals surface area contributed by atoms with Crippen molar-refractivity contribution in [2.75, 3.05) is 38.0 Å². The molecule has 0 aliphatic heterocycles. The van der Waals surface area contributed by atoms with Crippen LogP contribution in [0.2, 0.25) is 0 Å². The Morgan fingerprint density at radius 3 is 2.29 bits per heavy atom. The Morgan fingerprint density at radius 2 is 1.69 bits per heavy atom. The van der Waals surface area contributed by atoms with Gasteiger partial charge in [-0.1, -0.05) is 17.7 Å². The second-order valence-electron chi connectivity index (χ2n) is 7.34. The zero-order valence-corrected chi connectivity index (χ0v) is 21.0. The van der Waals surface area contributed by atoms with E-state index in [0.29, 0.717) is 0 Å². The van der Waals surface area contributed by atoms with Gasteiger partial charge in [-0.05, 0) is 31.5 Å². The second kappa shape index (κ2) is 12.4. The highest BCUT2D eigenvalue weighted by molar-refractivity contribution is 7.91. The number of sulfone groups is 1. The molecule has 0 saturated carbocycles. The van der Waals surface area contributed by atoms with Crippen LogP contribution in [0.25, 0.3) is 0 Å². The minimum atomic E-state index is -3.70. The van der Waals surface area contributed by atoms with Crippen molar-refractivity contribution < 1.29 is 41.8 Å². The van der Waals surface area contributed by atoms with Crippen LogP contribution >= 0.6 is 11.3 Å². The zero-order valence-electron chi connectivity index (χ0n) is 19.4. The number of esters is 2. The minimum Gasteiger partial charge on any atom is -0.460 e. The van der Waals surface area contributed by atoms with E-state index in [9.17, 15) is 27.6 Å². The number of hydrogen-bond donors (Lipinski definition) is 2. The van der Waals surface area contributed by atoms with Gasteiger partial charge in [0.2, 0.25) is 0 Å². The van der Waals surface area contributed by atoms with Gasteiger partial charge in [0.05, 0.1) is 34.1 Å². The van der Waals surface area contributed by atoms with E-state index in [1.54, 1.807) is 12.1 Å². The highest BCUT2D eigenvalue weighted by Gasteiger charge is 2.26. The van der Waals surface area contributed by atoms with Crippen molar-refractivity contribution in [2.24, 2.45) is 5.73 Å². The molecule has 35 heavy (non-hydrogen) atoms. The molecule has 13 heteroatoms. The molecule has 11 nitrogen and oxygen atoms in total.